The molecule has 1 amide bonds. The summed E-state index contributed by atoms with van der Waals surface area (Å²) in [6.07, 6.45) is -1.47. The minimum Gasteiger partial charge on any atom is -0.462 e. The minimum atomic E-state index is -1.43. The number of carbonyl (C=O) groups is 4. The van der Waals surface area contributed by atoms with Crippen LogP contribution < -0.4 is 5.32 Å². The molecule has 2 bridgehead atoms. The van der Waals surface area contributed by atoms with Gasteiger partial charge >= 0.3 is 17.9 Å². The number of nitrogens with zero attached hydrogens (tertiary/aromatic N) is 1. The number of cyclic esters (lactones) is 1. The van der Waals surface area contributed by atoms with Crippen LogP contribution in [0.1, 0.15) is 42.5 Å². The topological polar surface area (TPSA) is 159 Å². The molecule has 276 valence electrons. The summed E-state index contributed by atoms with van der Waals surface area (Å²) in [6, 6.07) is 25.0. The van der Waals surface area contributed by atoms with Gasteiger partial charge in [0, 0.05) is 35.6 Å². The van der Waals surface area contributed by atoms with Crippen molar-refractivity contribution in [1.82, 2.24) is 10.4 Å². The Morgan fingerprint density at radius 2 is 1.64 bits per heavy atom. The zero-order valence-corrected chi connectivity index (χ0v) is 29.2. The monoisotopic (exact) mass is 724 g/mol. The fourth-order valence-corrected chi connectivity index (χ4v) is 8.25. The minimum absolute atomic E-state index is 0.0145. The molecule has 0 radical (unpaired) electrons. The highest BCUT2D eigenvalue weighted by atomic mass is 16.8. The molecule has 53 heavy (non-hydrogen) atoms. The lowest BCUT2D eigenvalue weighted by Gasteiger charge is -2.48. The van der Waals surface area contributed by atoms with Gasteiger partial charge < -0.3 is 34.1 Å². The summed E-state index contributed by atoms with van der Waals surface area (Å²) in [6.45, 7) is 3.51. The first-order valence-corrected chi connectivity index (χ1v) is 17.7. The number of aliphatic hydroxyl groups excluding tert-OH is 1. The van der Waals surface area contributed by atoms with Crippen LogP contribution in [-0.4, -0.2) is 90.3 Å². The normalized spacial score (nSPS) is 30.8. The van der Waals surface area contributed by atoms with Crippen LogP contribution in [0.4, 0.5) is 0 Å². The molecule has 3 aromatic carbocycles. The van der Waals surface area contributed by atoms with E-state index in [0.717, 1.165) is 11.1 Å². The molecule has 13 heteroatoms. The van der Waals surface area contributed by atoms with Crippen molar-refractivity contribution >= 4 is 29.9 Å². The van der Waals surface area contributed by atoms with E-state index < -0.39 is 77.0 Å². The second-order valence-corrected chi connectivity index (χ2v) is 14.7. The van der Waals surface area contributed by atoms with Gasteiger partial charge in [-0.25, -0.2) is 9.59 Å². The van der Waals surface area contributed by atoms with Crippen LogP contribution in [0.15, 0.2) is 91.0 Å². The fourth-order valence-electron chi connectivity index (χ4n) is 8.25. The number of hydrogen-bond donors (Lipinski definition) is 2. The Balaban J connectivity index is 1.10. The highest BCUT2D eigenvalue weighted by Crippen LogP contribution is 2.59. The summed E-state index contributed by atoms with van der Waals surface area (Å²) in [4.78, 5) is 59.7. The van der Waals surface area contributed by atoms with Crippen molar-refractivity contribution in [3.8, 4) is 0 Å². The number of ether oxygens (including phenoxy) is 5. The van der Waals surface area contributed by atoms with Crippen LogP contribution in [0, 0.1) is 10.8 Å². The quantitative estimate of drug-likeness (QED) is 0.179. The second-order valence-electron chi connectivity index (χ2n) is 14.7. The van der Waals surface area contributed by atoms with E-state index in [4.69, 9.17) is 28.5 Å². The first kappa shape index (κ1) is 35.1. The molecule has 0 spiro atoms. The molecule has 2 N–H and O–H groups in total. The molecule has 7 atom stereocenters. The first-order chi connectivity index (χ1) is 25.6. The number of hydrogen-bond acceptors (Lipinski definition) is 12. The molecular weight excluding hydrogens is 684 g/mol. The number of aliphatic hydroxyl groups is 1. The molecule has 5 aliphatic rings. The van der Waals surface area contributed by atoms with Gasteiger partial charge in [0.2, 0.25) is 17.8 Å². The predicted octanol–water partition coefficient (Wildman–Crippen LogP) is 2.79. The van der Waals surface area contributed by atoms with Crippen LogP contribution in [0.5, 0.6) is 0 Å². The van der Waals surface area contributed by atoms with E-state index in [1.807, 2.05) is 72.8 Å². The number of carbonyl (C=O) groups excluding carboxylic acids is 4. The van der Waals surface area contributed by atoms with Crippen molar-refractivity contribution in [3.05, 3.63) is 113 Å². The van der Waals surface area contributed by atoms with Crippen molar-refractivity contribution in [2.75, 3.05) is 19.8 Å². The lowest BCUT2D eigenvalue weighted by atomic mass is 9.62. The Bertz CT molecular complexity index is 1900. The summed E-state index contributed by atoms with van der Waals surface area (Å²) in [5.41, 5.74) is 0.747. The third-order valence-corrected chi connectivity index (χ3v) is 10.7. The summed E-state index contributed by atoms with van der Waals surface area (Å²) in [7, 11) is 0. The number of esters is 3. The Morgan fingerprint density at radius 3 is 2.30 bits per heavy atom. The molecule has 4 saturated heterocycles. The summed E-state index contributed by atoms with van der Waals surface area (Å²) in [5.74, 6) is -3.73. The lowest BCUT2D eigenvalue weighted by Crippen LogP contribution is -2.69. The van der Waals surface area contributed by atoms with E-state index in [2.05, 4.69) is 5.32 Å². The Hall–Kier alpha value is -4.92. The van der Waals surface area contributed by atoms with Crippen molar-refractivity contribution in [2.45, 2.75) is 69.2 Å². The molecule has 5 fully saturated rings. The van der Waals surface area contributed by atoms with Crippen LogP contribution in [0.2, 0.25) is 0 Å². The number of nitrogens with one attached hydrogen (secondary N) is 1. The Kier molecular flexibility index (Phi) is 8.94. The van der Waals surface area contributed by atoms with Crippen molar-refractivity contribution < 1.29 is 52.8 Å². The van der Waals surface area contributed by atoms with Gasteiger partial charge in [0.1, 0.15) is 36.4 Å². The van der Waals surface area contributed by atoms with Crippen molar-refractivity contribution in [1.29, 1.82) is 0 Å². The zero-order chi connectivity index (χ0) is 37.0. The largest absolute Gasteiger partial charge is 0.462 e. The molecule has 4 heterocycles. The van der Waals surface area contributed by atoms with Gasteiger partial charge in [0.15, 0.2) is 6.04 Å². The number of benzene rings is 3. The number of fused-ring (bicyclic) bond motifs is 4. The molecule has 0 aromatic heterocycles. The zero-order valence-electron chi connectivity index (χ0n) is 29.2. The summed E-state index contributed by atoms with van der Waals surface area (Å²) < 4.78 is 30.4. The molecule has 3 aromatic rings. The molecule has 1 aliphatic carbocycles. The predicted molar refractivity (Wildman–Crippen MR) is 185 cm³/mol. The van der Waals surface area contributed by atoms with Gasteiger partial charge in [-0.1, -0.05) is 98.8 Å². The first-order valence-electron chi connectivity index (χ1n) is 17.7. The van der Waals surface area contributed by atoms with Crippen molar-refractivity contribution in [2.24, 2.45) is 10.8 Å². The van der Waals surface area contributed by atoms with Crippen LogP contribution >= 0.6 is 0 Å². The van der Waals surface area contributed by atoms with Gasteiger partial charge in [0.25, 0.3) is 0 Å². The molecule has 13 nitrogen and oxygen atoms in total. The number of amides is 1. The molecular formula is C40H40N2O11. The molecule has 0 unspecified atom stereocenters. The van der Waals surface area contributed by atoms with E-state index in [1.165, 1.54) is 11.1 Å². The molecule has 1 saturated carbocycles. The van der Waals surface area contributed by atoms with Gasteiger partial charge in [-0.15, -0.1) is 0 Å². The SMILES string of the molecule is CC1(C)COC(=O)[C@@H]1OC(=O)C=Cc1cccc(CN2O[C@@H]3[C@H]4OC(c5ccccc5)(c5ccccc5)O[C@H]4[C@H]4C[C@]3(C(=O)NCCO)[C@@H]2C(=O)O4)c1. The maximum atomic E-state index is 14.3. The van der Waals surface area contributed by atoms with Gasteiger partial charge in [-0.3, -0.25) is 14.4 Å². The average molecular weight is 725 g/mol. The Morgan fingerprint density at radius 1 is 0.943 bits per heavy atom. The van der Waals surface area contributed by atoms with Gasteiger partial charge in [-0.05, 0) is 17.2 Å². The van der Waals surface area contributed by atoms with Crippen LogP contribution in [0.25, 0.3) is 6.08 Å². The molecule has 8 rings (SSSR count). The van der Waals surface area contributed by atoms with E-state index in [0.29, 0.717) is 11.1 Å². The van der Waals surface area contributed by atoms with E-state index >= 15 is 0 Å². The molecule has 4 aliphatic heterocycles. The van der Waals surface area contributed by atoms with Crippen LogP contribution in [0.3, 0.4) is 0 Å². The highest BCUT2D eigenvalue weighted by molar-refractivity contribution is 5.94. The standard InChI is InChI=1S/C40H40N2O11/c1-38(2)23-48-36(46)34(38)50-29(44)17-16-24-10-9-11-25(20-24)22-42-32-35(45)49-28-21-39(32,37(47)41-18-19-43)33(53-42)31-30(28)51-40(52-31,26-12-5-3-6-13-26)27-14-7-4-8-15-27/h3-17,20,28,30-34,43H,18-19,21-23H2,1-2H3,(H,41,47)/t28-,30+,31+,32+,33-,34+,39+/m1/s1. The maximum absolute atomic E-state index is 14.3. The third-order valence-electron chi connectivity index (χ3n) is 10.7. The summed E-state index contributed by atoms with van der Waals surface area (Å²) in [5, 5.41) is 13.9. The average Bonchev–Trinajstić information content (AvgIpc) is 3.82. The van der Waals surface area contributed by atoms with Gasteiger partial charge in [-0.2, -0.15) is 5.06 Å². The highest BCUT2D eigenvalue weighted by Gasteiger charge is 2.76. The Labute approximate surface area is 305 Å². The van der Waals surface area contributed by atoms with Gasteiger partial charge in [0.05, 0.1) is 13.2 Å². The maximum Gasteiger partial charge on any atom is 0.348 e. The number of hydroxylamine groups is 2. The van der Waals surface area contributed by atoms with E-state index in [-0.39, 0.29) is 32.7 Å². The second kappa shape index (κ2) is 13.5. The number of rotatable bonds is 10. The van der Waals surface area contributed by atoms with Crippen molar-refractivity contribution in [3.63, 3.8) is 0 Å². The van der Waals surface area contributed by atoms with E-state index in [9.17, 15) is 24.3 Å². The summed E-state index contributed by atoms with van der Waals surface area (Å²) >= 11 is 0. The smallest absolute Gasteiger partial charge is 0.348 e. The van der Waals surface area contributed by atoms with E-state index in [1.54, 1.807) is 32.1 Å². The van der Waals surface area contributed by atoms with Crippen LogP contribution in [-0.2, 0) is 60.0 Å². The fraction of sp³-hybridized carbons (Fsp3) is 0.400. The third kappa shape index (κ3) is 5.92. The lowest BCUT2D eigenvalue weighted by molar-refractivity contribution is -0.213.